The summed E-state index contributed by atoms with van der Waals surface area (Å²) in [6.45, 7) is -0.181. The number of hydrogen-bond donors (Lipinski definition) is 0. The summed E-state index contributed by atoms with van der Waals surface area (Å²) in [7, 11) is -2.70. The molecule has 0 fully saturated rings. The average Bonchev–Trinajstić information content (AvgIpc) is 2.55. The molecule has 0 heterocycles. The van der Waals surface area contributed by atoms with Crippen LogP contribution in [0.25, 0.3) is 0 Å². The zero-order valence-electron chi connectivity index (χ0n) is 13.1. The van der Waals surface area contributed by atoms with Crippen molar-refractivity contribution in [3.8, 4) is 12.1 Å². The first-order valence-electron chi connectivity index (χ1n) is 7.06. The van der Waals surface area contributed by atoms with E-state index < -0.39 is 28.3 Å². The van der Waals surface area contributed by atoms with Crippen molar-refractivity contribution in [3.63, 3.8) is 0 Å². The molecular weight excluding hydrogens is 335 g/mol. The van der Waals surface area contributed by atoms with E-state index in [1.165, 1.54) is 11.9 Å². The maximum absolute atomic E-state index is 12.9. The Labute approximate surface area is 140 Å². The van der Waals surface area contributed by atoms with E-state index in [9.17, 15) is 17.6 Å². The van der Waals surface area contributed by atoms with E-state index in [4.69, 9.17) is 10.5 Å². The van der Waals surface area contributed by atoms with Gasteiger partial charge in [-0.25, -0.2) is 12.8 Å². The standard InChI is InChI=1S/C15H17FN4O3S/c1-19(24(22,23)14-6-4-13(16)5-7-14)12-15(21)20(10-2-8-17)11-3-9-18/h4-7H,2-3,10-12H2,1H3. The third kappa shape index (κ3) is 5.30. The molecule has 24 heavy (non-hydrogen) atoms. The minimum Gasteiger partial charge on any atom is -0.339 e. The molecule has 0 saturated carbocycles. The molecule has 0 bridgehead atoms. The van der Waals surface area contributed by atoms with Gasteiger partial charge in [-0.05, 0) is 24.3 Å². The van der Waals surface area contributed by atoms with E-state index in [0.717, 1.165) is 28.6 Å². The van der Waals surface area contributed by atoms with E-state index >= 15 is 0 Å². The summed E-state index contributed by atoms with van der Waals surface area (Å²) in [5.74, 6) is -1.07. The summed E-state index contributed by atoms with van der Waals surface area (Å²) in [5, 5.41) is 17.2. The Morgan fingerprint density at radius 1 is 1.12 bits per heavy atom. The van der Waals surface area contributed by atoms with E-state index in [1.807, 2.05) is 12.1 Å². The number of likely N-dealkylation sites (N-methyl/N-ethyl adjacent to an activating group) is 1. The SMILES string of the molecule is CN(CC(=O)N(CCC#N)CCC#N)S(=O)(=O)c1ccc(F)cc1. The van der Waals surface area contributed by atoms with Crippen LogP contribution >= 0.6 is 0 Å². The van der Waals surface area contributed by atoms with Crippen LogP contribution in [-0.4, -0.2) is 50.2 Å². The van der Waals surface area contributed by atoms with Gasteiger partial charge in [-0.15, -0.1) is 0 Å². The first-order chi connectivity index (χ1) is 11.3. The third-order valence-electron chi connectivity index (χ3n) is 3.22. The van der Waals surface area contributed by atoms with Gasteiger partial charge in [-0.2, -0.15) is 14.8 Å². The fourth-order valence-electron chi connectivity index (χ4n) is 1.89. The van der Waals surface area contributed by atoms with Crippen LogP contribution in [0.2, 0.25) is 0 Å². The molecule has 0 aromatic heterocycles. The van der Waals surface area contributed by atoms with Crippen LogP contribution in [0.5, 0.6) is 0 Å². The minimum absolute atomic E-state index is 0.0889. The van der Waals surface area contributed by atoms with Crippen LogP contribution in [0.3, 0.4) is 0 Å². The van der Waals surface area contributed by atoms with Gasteiger partial charge in [0.25, 0.3) is 0 Å². The van der Waals surface area contributed by atoms with E-state index in [-0.39, 0.29) is 30.8 Å². The first kappa shape index (κ1) is 19.6. The molecule has 0 radical (unpaired) electrons. The average molecular weight is 352 g/mol. The third-order valence-corrected chi connectivity index (χ3v) is 5.04. The summed E-state index contributed by atoms with van der Waals surface area (Å²) >= 11 is 0. The van der Waals surface area contributed by atoms with Crippen molar-refractivity contribution >= 4 is 15.9 Å². The van der Waals surface area contributed by atoms with Gasteiger partial charge in [0.2, 0.25) is 15.9 Å². The fraction of sp³-hybridized carbons (Fsp3) is 0.400. The molecule has 1 aromatic rings. The van der Waals surface area contributed by atoms with Crippen molar-refractivity contribution in [2.75, 3.05) is 26.7 Å². The van der Waals surface area contributed by atoms with E-state index in [1.54, 1.807) is 0 Å². The van der Waals surface area contributed by atoms with Gasteiger partial charge in [0, 0.05) is 20.1 Å². The second-order valence-corrected chi connectivity index (χ2v) is 6.96. The number of halogens is 1. The molecule has 1 amide bonds. The highest BCUT2D eigenvalue weighted by atomic mass is 32.2. The Balaban J connectivity index is 2.84. The number of carbonyl (C=O) groups excluding carboxylic acids is 1. The highest BCUT2D eigenvalue weighted by Crippen LogP contribution is 2.15. The van der Waals surface area contributed by atoms with Gasteiger partial charge in [-0.3, -0.25) is 4.79 Å². The lowest BCUT2D eigenvalue weighted by atomic mass is 10.3. The molecule has 0 unspecified atom stereocenters. The van der Waals surface area contributed by atoms with Crippen molar-refractivity contribution in [3.05, 3.63) is 30.1 Å². The highest BCUT2D eigenvalue weighted by Gasteiger charge is 2.25. The van der Waals surface area contributed by atoms with Crippen LogP contribution in [0.1, 0.15) is 12.8 Å². The van der Waals surface area contributed by atoms with Gasteiger partial charge >= 0.3 is 0 Å². The quantitative estimate of drug-likeness (QED) is 0.696. The lowest BCUT2D eigenvalue weighted by molar-refractivity contribution is -0.131. The Morgan fingerprint density at radius 2 is 1.62 bits per heavy atom. The van der Waals surface area contributed by atoms with Gasteiger partial charge in [0.05, 0.1) is 36.4 Å². The van der Waals surface area contributed by atoms with Crippen molar-refractivity contribution in [1.29, 1.82) is 10.5 Å². The van der Waals surface area contributed by atoms with Gasteiger partial charge in [0.15, 0.2) is 0 Å². The zero-order valence-corrected chi connectivity index (χ0v) is 14.0. The van der Waals surface area contributed by atoms with Crippen LogP contribution in [0.4, 0.5) is 4.39 Å². The predicted octanol–water partition coefficient (Wildman–Crippen LogP) is 1.10. The lowest BCUT2D eigenvalue weighted by Crippen LogP contribution is -2.41. The zero-order chi connectivity index (χ0) is 18.2. The number of hydrogen-bond acceptors (Lipinski definition) is 5. The van der Waals surface area contributed by atoms with Crippen molar-refractivity contribution in [2.24, 2.45) is 0 Å². The van der Waals surface area contributed by atoms with Crippen LogP contribution in [-0.2, 0) is 14.8 Å². The molecule has 0 saturated heterocycles. The Kier molecular flexibility index (Phi) is 7.31. The molecule has 0 aliphatic heterocycles. The molecule has 9 heteroatoms. The van der Waals surface area contributed by atoms with E-state index in [2.05, 4.69) is 0 Å². The molecule has 0 spiro atoms. The summed E-state index contributed by atoms with van der Waals surface area (Å²) in [4.78, 5) is 13.4. The summed E-state index contributed by atoms with van der Waals surface area (Å²) < 4.78 is 38.5. The van der Waals surface area contributed by atoms with Gasteiger partial charge < -0.3 is 4.90 Å². The normalized spacial score (nSPS) is 10.9. The van der Waals surface area contributed by atoms with Crippen LogP contribution < -0.4 is 0 Å². The number of nitrogens with zero attached hydrogens (tertiary/aromatic N) is 4. The molecule has 0 aliphatic rings. The van der Waals surface area contributed by atoms with Crippen LogP contribution in [0.15, 0.2) is 29.2 Å². The monoisotopic (exact) mass is 352 g/mol. The topological polar surface area (TPSA) is 105 Å². The summed E-state index contributed by atoms with van der Waals surface area (Å²) in [5.41, 5.74) is 0. The molecule has 1 aromatic carbocycles. The summed E-state index contributed by atoms with van der Waals surface area (Å²) in [6.07, 6.45) is 0.178. The molecule has 0 N–H and O–H groups in total. The Bertz CT molecular complexity index is 732. The maximum atomic E-state index is 12.9. The molecule has 0 aliphatic carbocycles. The fourth-order valence-corrected chi connectivity index (χ4v) is 3.01. The summed E-state index contributed by atoms with van der Waals surface area (Å²) in [6, 6.07) is 8.08. The first-order valence-corrected chi connectivity index (χ1v) is 8.50. The molecular formula is C15H17FN4O3S. The minimum atomic E-state index is -3.94. The van der Waals surface area contributed by atoms with Gasteiger partial charge in [-0.1, -0.05) is 0 Å². The van der Waals surface area contributed by atoms with E-state index in [0.29, 0.717) is 0 Å². The molecule has 1 rings (SSSR count). The largest absolute Gasteiger partial charge is 0.339 e. The number of nitriles is 2. The Morgan fingerprint density at radius 3 is 2.08 bits per heavy atom. The number of rotatable bonds is 8. The second kappa shape index (κ2) is 8.96. The molecule has 128 valence electrons. The van der Waals surface area contributed by atoms with Crippen LogP contribution in [0, 0.1) is 28.5 Å². The predicted molar refractivity (Wildman–Crippen MR) is 83.3 cm³/mol. The van der Waals surface area contributed by atoms with Crippen molar-refractivity contribution < 1.29 is 17.6 Å². The van der Waals surface area contributed by atoms with Crippen molar-refractivity contribution in [2.45, 2.75) is 17.7 Å². The molecule has 0 atom stereocenters. The molecule has 7 nitrogen and oxygen atoms in total. The highest BCUT2D eigenvalue weighted by molar-refractivity contribution is 7.89. The number of amides is 1. The second-order valence-electron chi connectivity index (χ2n) is 4.91. The number of sulfonamides is 1. The Hall–Kier alpha value is -2.49. The smallest absolute Gasteiger partial charge is 0.243 e. The lowest BCUT2D eigenvalue weighted by Gasteiger charge is -2.24. The number of benzene rings is 1. The maximum Gasteiger partial charge on any atom is 0.243 e. The van der Waals surface area contributed by atoms with Gasteiger partial charge in [0.1, 0.15) is 5.82 Å². The number of carbonyl (C=O) groups is 1. The van der Waals surface area contributed by atoms with Crippen molar-refractivity contribution in [1.82, 2.24) is 9.21 Å².